The molecule has 1 fully saturated rings. The molecule has 4 rings (SSSR count). The van der Waals surface area contributed by atoms with Crippen LogP contribution in [0.15, 0.2) is 69.4 Å². The van der Waals surface area contributed by atoms with Gasteiger partial charge in [-0.2, -0.15) is 0 Å². The van der Waals surface area contributed by atoms with Crippen molar-refractivity contribution in [3.63, 3.8) is 0 Å². The van der Waals surface area contributed by atoms with Crippen molar-refractivity contribution in [1.82, 2.24) is 0 Å². The Morgan fingerprint density at radius 3 is 2.44 bits per heavy atom. The molecule has 0 bridgehead atoms. The van der Waals surface area contributed by atoms with Crippen molar-refractivity contribution in [1.29, 1.82) is 0 Å². The molecule has 2 aliphatic rings. The highest BCUT2D eigenvalue weighted by molar-refractivity contribution is 7.99. The lowest BCUT2D eigenvalue weighted by Crippen LogP contribution is -2.57. The molecule has 0 N–H and O–H groups in total. The summed E-state index contributed by atoms with van der Waals surface area (Å²) in [7, 11) is 0. The van der Waals surface area contributed by atoms with E-state index in [0.29, 0.717) is 6.54 Å². The van der Waals surface area contributed by atoms with Crippen molar-refractivity contribution >= 4 is 23.4 Å². The zero-order valence-corrected chi connectivity index (χ0v) is 16.6. The number of carbonyl (C=O) groups is 1. The summed E-state index contributed by atoms with van der Waals surface area (Å²) in [5, 5.41) is 0. The molecule has 1 unspecified atom stereocenters. The van der Waals surface area contributed by atoms with Crippen LogP contribution in [0.4, 0.5) is 0 Å². The first-order valence-corrected chi connectivity index (χ1v) is 10.8. The van der Waals surface area contributed by atoms with E-state index in [1.807, 2.05) is 30.3 Å². The van der Waals surface area contributed by atoms with Crippen LogP contribution in [0.3, 0.4) is 0 Å². The van der Waals surface area contributed by atoms with Crippen LogP contribution in [-0.4, -0.2) is 42.3 Å². The third-order valence-corrected chi connectivity index (χ3v) is 6.69. The maximum absolute atomic E-state index is 13.1. The fraction of sp³-hybridized carbons (Fsp3) is 0.391. The number of quaternary nitrogens is 1. The Morgan fingerprint density at radius 2 is 1.63 bits per heavy atom. The number of hydrogen-bond donors (Lipinski definition) is 0. The van der Waals surface area contributed by atoms with E-state index in [4.69, 9.17) is 4.99 Å². The molecular weight excluding hydrogens is 352 g/mol. The lowest BCUT2D eigenvalue weighted by atomic mass is 10.1. The summed E-state index contributed by atoms with van der Waals surface area (Å²) in [5.41, 5.74) is 0.828. The smallest absolute Gasteiger partial charge is 0.217 e. The van der Waals surface area contributed by atoms with Crippen LogP contribution in [0.2, 0.25) is 0 Å². The van der Waals surface area contributed by atoms with E-state index in [-0.39, 0.29) is 5.78 Å². The average Bonchev–Trinajstić information content (AvgIpc) is 2.91. The van der Waals surface area contributed by atoms with Gasteiger partial charge in [0.15, 0.2) is 5.84 Å². The van der Waals surface area contributed by atoms with Gasteiger partial charge in [0.2, 0.25) is 5.78 Å². The average molecular weight is 380 g/mol. The van der Waals surface area contributed by atoms with Gasteiger partial charge in [-0.25, -0.2) is 4.99 Å². The molecule has 0 aromatic heterocycles. The molecule has 1 atom stereocenters. The highest BCUT2D eigenvalue weighted by atomic mass is 32.2. The van der Waals surface area contributed by atoms with Gasteiger partial charge in [0.25, 0.3) is 0 Å². The number of carbonyl (C=O) groups excluding carboxylic acids is 1. The van der Waals surface area contributed by atoms with Crippen LogP contribution >= 0.6 is 11.8 Å². The predicted octanol–water partition coefficient (Wildman–Crippen LogP) is 5.21. The van der Waals surface area contributed by atoms with Crippen LogP contribution in [0.1, 0.15) is 42.5 Å². The van der Waals surface area contributed by atoms with Crippen LogP contribution < -0.4 is 0 Å². The summed E-state index contributed by atoms with van der Waals surface area (Å²) in [5.74, 6) is 1.53. The van der Waals surface area contributed by atoms with Crippen molar-refractivity contribution in [2.45, 2.75) is 41.9 Å². The van der Waals surface area contributed by atoms with Gasteiger partial charge in [-0.1, -0.05) is 42.1 Å². The van der Waals surface area contributed by atoms with Gasteiger partial charge in [0.1, 0.15) is 6.54 Å². The van der Waals surface area contributed by atoms with Crippen LogP contribution in [0.25, 0.3) is 0 Å². The summed E-state index contributed by atoms with van der Waals surface area (Å²) in [4.78, 5) is 20.3. The van der Waals surface area contributed by atoms with Crippen LogP contribution in [0, 0.1) is 0 Å². The van der Waals surface area contributed by atoms with E-state index in [1.165, 1.54) is 34.9 Å². The number of benzene rings is 2. The molecule has 2 heterocycles. The van der Waals surface area contributed by atoms with Gasteiger partial charge in [-0.05, 0) is 43.5 Å². The van der Waals surface area contributed by atoms with E-state index < -0.39 is 0 Å². The normalized spacial score (nSPS) is 22.4. The number of fused-ring (bicyclic) bond motifs is 1. The molecule has 27 heavy (non-hydrogen) atoms. The summed E-state index contributed by atoms with van der Waals surface area (Å²) in [6, 6.07) is 18.5. The quantitative estimate of drug-likeness (QED) is 0.527. The summed E-state index contributed by atoms with van der Waals surface area (Å²) < 4.78 is 0.819. The Labute approximate surface area is 166 Å². The van der Waals surface area contributed by atoms with Gasteiger partial charge in [-0.3, -0.25) is 9.28 Å². The Hall–Kier alpha value is -1.91. The second-order valence-electron chi connectivity index (χ2n) is 7.58. The van der Waals surface area contributed by atoms with E-state index >= 15 is 0 Å². The lowest BCUT2D eigenvalue weighted by molar-refractivity contribution is -0.836. The van der Waals surface area contributed by atoms with Crippen molar-refractivity contribution in [2.24, 2.45) is 4.99 Å². The minimum absolute atomic E-state index is 0.253. The summed E-state index contributed by atoms with van der Waals surface area (Å²) in [6.45, 7) is 3.66. The largest absolute Gasteiger partial charge is 0.288 e. The zero-order valence-electron chi connectivity index (χ0n) is 15.8. The van der Waals surface area contributed by atoms with E-state index in [1.54, 1.807) is 11.8 Å². The number of rotatable bonds is 5. The first-order chi connectivity index (χ1) is 13.3. The van der Waals surface area contributed by atoms with Crippen molar-refractivity contribution < 1.29 is 9.28 Å². The molecule has 0 saturated carbocycles. The van der Waals surface area contributed by atoms with E-state index in [0.717, 1.165) is 42.5 Å². The van der Waals surface area contributed by atoms with Crippen LogP contribution in [-0.2, 0) is 0 Å². The topological polar surface area (TPSA) is 29.4 Å². The summed E-state index contributed by atoms with van der Waals surface area (Å²) in [6.07, 6.45) is 5.86. The highest BCUT2D eigenvalue weighted by Gasteiger charge is 2.39. The standard InChI is InChI=1S/C23H27N2OS/c26-22(18-25-16-6-2-5-10-23(25)24-15-7-17-25)19-11-13-21(14-12-19)27-20-8-3-1-4-9-20/h1,3-4,8-9,11-14H,2,5-7,10,15-18H2/q+1. The number of hydrogen-bond acceptors (Lipinski definition) is 3. The van der Waals surface area contributed by atoms with Crippen LogP contribution in [0.5, 0.6) is 0 Å². The summed E-state index contributed by atoms with van der Waals surface area (Å²) >= 11 is 1.73. The van der Waals surface area contributed by atoms with Crippen molar-refractivity contribution in [3.05, 3.63) is 60.2 Å². The molecule has 0 spiro atoms. The molecular formula is C23H27N2OS+. The Balaban J connectivity index is 1.47. The maximum Gasteiger partial charge on any atom is 0.217 e. The molecule has 2 aliphatic heterocycles. The number of amidine groups is 1. The fourth-order valence-electron chi connectivity index (χ4n) is 4.24. The molecule has 2 aromatic carbocycles. The fourth-order valence-corrected chi connectivity index (χ4v) is 5.08. The molecule has 0 radical (unpaired) electrons. The second kappa shape index (κ2) is 8.41. The van der Waals surface area contributed by atoms with Gasteiger partial charge in [-0.15, -0.1) is 0 Å². The number of nitrogens with zero attached hydrogens (tertiary/aromatic N) is 2. The molecule has 1 saturated heterocycles. The van der Waals surface area contributed by atoms with Crippen molar-refractivity contribution in [2.75, 3.05) is 26.2 Å². The van der Waals surface area contributed by atoms with E-state index in [2.05, 4.69) is 24.3 Å². The van der Waals surface area contributed by atoms with Gasteiger partial charge < -0.3 is 0 Å². The molecule has 2 aromatic rings. The Bertz CT molecular complexity index is 816. The first kappa shape index (κ1) is 18.5. The van der Waals surface area contributed by atoms with Gasteiger partial charge in [0, 0.05) is 34.7 Å². The molecule has 3 nitrogen and oxygen atoms in total. The zero-order chi connectivity index (χ0) is 18.5. The lowest BCUT2D eigenvalue weighted by Gasteiger charge is -2.39. The third-order valence-electron chi connectivity index (χ3n) is 5.67. The second-order valence-corrected chi connectivity index (χ2v) is 8.72. The SMILES string of the molecule is O=C(C[N+]12CCCCCC1=NCCC2)c1ccc(Sc2ccccc2)cc1. The predicted molar refractivity (Wildman–Crippen MR) is 112 cm³/mol. The molecule has 0 amide bonds. The molecule has 140 valence electrons. The number of aliphatic imine (C=N–C) groups is 1. The maximum atomic E-state index is 13.1. The monoisotopic (exact) mass is 379 g/mol. The minimum Gasteiger partial charge on any atom is -0.288 e. The van der Waals surface area contributed by atoms with Crippen molar-refractivity contribution in [3.8, 4) is 0 Å². The highest BCUT2D eigenvalue weighted by Crippen LogP contribution is 2.28. The number of Topliss-reactive ketones (excluding diaryl/α,β-unsaturated/α-hetero) is 1. The minimum atomic E-state index is 0.253. The number of ketones is 1. The molecule has 4 heteroatoms. The first-order valence-electron chi connectivity index (χ1n) is 10.0. The van der Waals surface area contributed by atoms with E-state index in [9.17, 15) is 4.79 Å². The van der Waals surface area contributed by atoms with Gasteiger partial charge in [0.05, 0.1) is 13.1 Å². The molecule has 0 aliphatic carbocycles. The van der Waals surface area contributed by atoms with Gasteiger partial charge >= 0.3 is 0 Å². The Morgan fingerprint density at radius 1 is 0.889 bits per heavy atom. The third kappa shape index (κ3) is 4.33. The Kier molecular flexibility index (Phi) is 5.74.